The first kappa shape index (κ1) is 9.86. The van der Waals surface area contributed by atoms with E-state index < -0.39 is 0 Å². The summed E-state index contributed by atoms with van der Waals surface area (Å²) < 4.78 is 6.74. The first-order chi connectivity index (χ1) is 7.24. The Kier molecular flexibility index (Phi) is 2.51. The van der Waals surface area contributed by atoms with Crippen LogP contribution in [0.4, 0.5) is 5.69 Å². The summed E-state index contributed by atoms with van der Waals surface area (Å²) in [6, 6.07) is 7.45. The zero-order chi connectivity index (χ0) is 10.8. The second kappa shape index (κ2) is 3.82. The van der Waals surface area contributed by atoms with Gasteiger partial charge in [0.2, 0.25) is 0 Å². The molecule has 0 radical (unpaired) electrons. The van der Waals surface area contributed by atoms with E-state index in [-0.39, 0.29) is 0 Å². The van der Waals surface area contributed by atoms with E-state index in [1.807, 2.05) is 24.3 Å². The number of methoxy groups -OCH3 is 1. The topological polar surface area (TPSA) is 53.1 Å². The lowest BCUT2D eigenvalue weighted by Crippen LogP contribution is -1.99. The molecule has 2 N–H and O–H groups in total. The Morgan fingerprint density at radius 1 is 1.40 bits per heavy atom. The lowest BCUT2D eigenvalue weighted by molar-refractivity contribution is 0.412. The van der Waals surface area contributed by atoms with Crippen molar-refractivity contribution in [3.05, 3.63) is 35.6 Å². The molecule has 1 aromatic heterocycles. The van der Waals surface area contributed by atoms with Crippen LogP contribution in [0.25, 0.3) is 5.69 Å². The van der Waals surface area contributed by atoms with Gasteiger partial charge in [0.25, 0.3) is 0 Å². The first-order valence-electron chi connectivity index (χ1n) is 4.36. The van der Waals surface area contributed by atoms with Crippen LogP contribution in [0.1, 0.15) is 0 Å². The van der Waals surface area contributed by atoms with Gasteiger partial charge in [0.05, 0.1) is 19.0 Å². The largest absolute Gasteiger partial charge is 0.494 e. The Morgan fingerprint density at radius 3 is 2.73 bits per heavy atom. The maximum atomic E-state index is 5.99. The third kappa shape index (κ3) is 1.64. The van der Waals surface area contributed by atoms with E-state index in [9.17, 15) is 0 Å². The van der Waals surface area contributed by atoms with E-state index in [1.54, 1.807) is 7.11 Å². The number of nitrogens with two attached hydrogens (primary N) is 1. The minimum Gasteiger partial charge on any atom is -0.494 e. The molecule has 0 amide bonds. The van der Waals surface area contributed by atoms with Crippen molar-refractivity contribution in [2.75, 3.05) is 12.8 Å². The molecule has 0 spiro atoms. The van der Waals surface area contributed by atoms with E-state index in [0.29, 0.717) is 16.6 Å². The average Bonchev–Trinajstić information content (AvgIpc) is 2.60. The van der Waals surface area contributed by atoms with Crippen LogP contribution in [0.15, 0.2) is 30.5 Å². The maximum absolute atomic E-state index is 5.99. The van der Waals surface area contributed by atoms with Gasteiger partial charge in [-0.1, -0.05) is 23.7 Å². The van der Waals surface area contributed by atoms with Crippen molar-refractivity contribution in [1.82, 2.24) is 9.78 Å². The lowest BCUT2D eigenvalue weighted by Gasteiger charge is -2.08. The molecular weight excluding hydrogens is 214 g/mol. The van der Waals surface area contributed by atoms with Gasteiger partial charge >= 0.3 is 0 Å². The molecule has 0 saturated carbocycles. The van der Waals surface area contributed by atoms with Crippen LogP contribution in [0, 0.1) is 0 Å². The summed E-state index contributed by atoms with van der Waals surface area (Å²) in [6.07, 6.45) is 1.51. The number of ether oxygens (including phenoxy) is 1. The molecular formula is C10H10ClN3O. The van der Waals surface area contributed by atoms with Gasteiger partial charge in [-0.25, -0.2) is 4.68 Å². The maximum Gasteiger partial charge on any atom is 0.155 e. The number of nitrogen functional groups attached to an aromatic ring is 1. The molecule has 0 atom stereocenters. The summed E-state index contributed by atoms with van der Waals surface area (Å²) in [7, 11) is 1.60. The smallest absolute Gasteiger partial charge is 0.155 e. The number of aromatic nitrogens is 2. The van der Waals surface area contributed by atoms with Crippen molar-refractivity contribution in [2.24, 2.45) is 0 Å². The van der Waals surface area contributed by atoms with Crippen molar-refractivity contribution in [1.29, 1.82) is 0 Å². The standard InChI is InChI=1S/C10H10ClN3O/c1-15-9-5-3-2-4-8(9)14-10(11)7(12)6-13-14/h2-6H,12H2,1H3. The molecule has 5 heteroatoms. The molecule has 0 aliphatic heterocycles. The molecule has 78 valence electrons. The van der Waals surface area contributed by atoms with Gasteiger partial charge in [-0.15, -0.1) is 0 Å². The van der Waals surface area contributed by atoms with Crippen molar-refractivity contribution in [3.8, 4) is 11.4 Å². The zero-order valence-electron chi connectivity index (χ0n) is 8.14. The molecule has 2 aromatic rings. The molecule has 0 aliphatic carbocycles. The summed E-state index contributed by atoms with van der Waals surface area (Å²) in [5, 5.41) is 4.46. The molecule has 0 fully saturated rings. The van der Waals surface area contributed by atoms with Gasteiger partial charge in [0.15, 0.2) is 5.15 Å². The van der Waals surface area contributed by atoms with Gasteiger partial charge < -0.3 is 10.5 Å². The van der Waals surface area contributed by atoms with Crippen LogP contribution in [0.5, 0.6) is 5.75 Å². The Labute approximate surface area is 92.2 Å². The Bertz CT molecular complexity index is 481. The predicted octanol–water partition coefficient (Wildman–Crippen LogP) is 2.12. The highest BCUT2D eigenvalue weighted by molar-refractivity contribution is 6.32. The predicted molar refractivity (Wildman–Crippen MR) is 59.5 cm³/mol. The van der Waals surface area contributed by atoms with Crippen molar-refractivity contribution in [2.45, 2.75) is 0 Å². The fraction of sp³-hybridized carbons (Fsp3) is 0.100. The number of hydrogen-bond donors (Lipinski definition) is 1. The van der Waals surface area contributed by atoms with Crippen LogP contribution in [0.2, 0.25) is 5.15 Å². The van der Waals surface area contributed by atoms with Crippen molar-refractivity contribution in [3.63, 3.8) is 0 Å². The molecule has 15 heavy (non-hydrogen) atoms. The molecule has 2 rings (SSSR count). The molecule has 1 heterocycles. The molecule has 1 aromatic carbocycles. The third-order valence-corrected chi connectivity index (χ3v) is 2.43. The minimum absolute atomic E-state index is 0.388. The summed E-state index contributed by atoms with van der Waals surface area (Å²) >= 11 is 5.99. The molecule has 0 saturated heterocycles. The number of rotatable bonds is 2. The third-order valence-electron chi connectivity index (χ3n) is 2.05. The number of para-hydroxylation sites is 2. The molecule has 0 aliphatic rings. The Hall–Kier alpha value is -1.68. The van der Waals surface area contributed by atoms with Gasteiger partial charge in [0, 0.05) is 0 Å². The second-order valence-electron chi connectivity index (χ2n) is 2.97. The van der Waals surface area contributed by atoms with E-state index in [2.05, 4.69) is 5.10 Å². The van der Waals surface area contributed by atoms with Gasteiger partial charge in [0.1, 0.15) is 11.4 Å². The highest BCUT2D eigenvalue weighted by Crippen LogP contribution is 2.27. The van der Waals surface area contributed by atoms with Gasteiger partial charge in [-0.05, 0) is 12.1 Å². The van der Waals surface area contributed by atoms with Crippen LogP contribution < -0.4 is 10.5 Å². The molecule has 0 bridgehead atoms. The highest BCUT2D eigenvalue weighted by atomic mass is 35.5. The van der Waals surface area contributed by atoms with E-state index in [0.717, 1.165) is 5.69 Å². The normalized spacial score (nSPS) is 10.3. The summed E-state index contributed by atoms with van der Waals surface area (Å²) in [4.78, 5) is 0. The quantitative estimate of drug-likeness (QED) is 0.849. The SMILES string of the molecule is COc1ccccc1-n1ncc(N)c1Cl. The molecule has 0 unspecified atom stereocenters. The van der Waals surface area contributed by atoms with Crippen LogP contribution in [-0.4, -0.2) is 16.9 Å². The number of nitrogens with zero attached hydrogens (tertiary/aromatic N) is 2. The molecule has 4 nitrogen and oxygen atoms in total. The summed E-state index contributed by atoms with van der Waals surface area (Å²) in [5.41, 5.74) is 6.83. The number of hydrogen-bond acceptors (Lipinski definition) is 3. The number of halogens is 1. The lowest BCUT2D eigenvalue weighted by atomic mass is 10.3. The fourth-order valence-corrected chi connectivity index (χ4v) is 1.50. The number of benzene rings is 1. The minimum atomic E-state index is 0.388. The second-order valence-corrected chi connectivity index (χ2v) is 3.33. The van der Waals surface area contributed by atoms with Gasteiger partial charge in [-0.3, -0.25) is 0 Å². The van der Waals surface area contributed by atoms with Gasteiger partial charge in [-0.2, -0.15) is 5.10 Å². The summed E-state index contributed by atoms with van der Waals surface area (Å²) in [6.45, 7) is 0. The fourth-order valence-electron chi connectivity index (χ4n) is 1.32. The summed E-state index contributed by atoms with van der Waals surface area (Å²) in [5.74, 6) is 0.697. The number of anilines is 1. The van der Waals surface area contributed by atoms with Crippen LogP contribution >= 0.6 is 11.6 Å². The zero-order valence-corrected chi connectivity index (χ0v) is 8.90. The Morgan fingerprint density at radius 2 is 2.13 bits per heavy atom. The van der Waals surface area contributed by atoms with Crippen LogP contribution in [0.3, 0.4) is 0 Å². The van der Waals surface area contributed by atoms with E-state index in [1.165, 1.54) is 10.9 Å². The Balaban J connectivity index is 2.58. The van der Waals surface area contributed by atoms with E-state index >= 15 is 0 Å². The first-order valence-corrected chi connectivity index (χ1v) is 4.74. The van der Waals surface area contributed by atoms with E-state index in [4.69, 9.17) is 22.1 Å². The van der Waals surface area contributed by atoms with Crippen molar-refractivity contribution >= 4 is 17.3 Å². The monoisotopic (exact) mass is 223 g/mol. The highest BCUT2D eigenvalue weighted by Gasteiger charge is 2.10. The average molecular weight is 224 g/mol. The van der Waals surface area contributed by atoms with Crippen molar-refractivity contribution < 1.29 is 4.74 Å². The van der Waals surface area contributed by atoms with Crippen LogP contribution in [-0.2, 0) is 0 Å².